The number of hydrogen-bond acceptors (Lipinski definition) is 4. The Hall–Kier alpha value is -3.63. The fourth-order valence-corrected chi connectivity index (χ4v) is 3.86. The third-order valence-electron chi connectivity index (χ3n) is 5.62. The van der Waals surface area contributed by atoms with E-state index in [-0.39, 0.29) is 12.2 Å². The summed E-state index contributed by atoms with van der Waals surface area (Å²) in [4.78, 5) is 16.1. The molecule has 4 rings (SSSR count). The molecule has 0 aliphatic carbocycles. The molecule has 35 heavy (non-hydrogen) atoms. The topological polar surface area (TPSA) is 86.8 Å². The van der Waals surface area contributed by atoms with Gasteiger partial charge in [-0.3, -0.25) is 4.79 Å². The number of rotatable bonds is 10. The smallest absolute Gasteiger partial charge is 0.361 e. The van der Waals surface area contributed by atoms with Crippen molar-refractivity contribution in [3.05, 3.63) is 83.3 Å². The van der Waals surface area contributed by atoms with Crippen LogP contribution >= 0.6 is 0 Å². The highest BCUT2D eigenvalue weighted by Crippen LogP contribution is 2.29. The summed E-state index contributed by atoms with van der Waals surface area (Å²) in [5, 5.41) is 13.8. The molecule has 10 heteroatoms. The Balaban J connectivity index is 1.52. The molecule has 0 aliphatic rings. The van der Waals surface area contributed by atoms with Gasteiger partial charge in [-0.2, -0.15) is 18.3 Å². The normalized spacial score (nSPS) is 11.8. The number of carbonyl (C=O) groups is 1. The Morgan fingerprint density at radius 1 is 1.06 bits per heavy atom. The average molecular weight is 485 g/mol. The van der Waals surface area contributed by atoms with Gasteiger partial charge in [0, 0.05) is 49.3 Å². The quantitative estimate of drug-likeness (QED) is 0.259. The highest BCUT2D eigenvalue weighted by atomic mass is 19.4. The van der Waals surface area contributed by atoms with E-state index >= 15 is 0 Å². The highest BCUT2D eigenvalue weighted by molar-refractivity contribution is 5.93. The molecule has 7 nitrogen and oxygen atoms in total. The third-order valence-corrected chi connectivity index (χ3v) is 5.62. The average Bonchev–Trinajstić information content (AvgIpc) is 3.47. The van der Waals surface area contributed by atoms with E-state index in [2.05, 4.69) is 26.0 Å². The number of halogens is 3. The molecule has 0 saturated heterocycles. The van der Waals surface area contributed by atoms with Gasteiger partial charge in [0.2, 0.25) is 0 Å². The number of amides is 1. The van der Waals surface area contributed by atoms with Gasteiger partial charge in [0.15, 0.2) is 5.69 Å². The maximum atomic E-state index is 13.4. The second-order valence-electron chi connectivity index (χ2n) is 8.14. The Morgan fingerprint density at radius 3 is 2.69 bits per heavy atom. The van der Waals surface area contributed by atoms with Crippen LogP contribution < -0.4 is 16.0 Å². The highest BCUT2D eigenvalue weighted by Gasteiger charge is 2.36. The molecule has 4 N–H and O–H groups in total. The van der Waals surface area contributed by atoms with Crippen molar-refractivity contribution in [1.29, 1.82) is 0 Å². The van der Waals surface area contributed by atoms with Crippen LogP contribution in [0.15, 0.2) is 60.8 Å². The maximum absolute atomic E-state index is 13.4. The second-order valence-corrected chi connectivity index (χ2v) is 8.14. The molecule has 4 aromatic rings. The molecular weight excluding hydrogens is 457 g/mol. The number of alkyl halides is 3. The van der Waals surface area contributed by atoms with Crippen molar-refractivity contribution in [2.24, 2.45) is 0 Å². The van der Waals surface area contributed by atoms with Gasteiger partial charge in [-0.05, 0) is 42.8 Å². The van der Waals surface area contributed by atoms with E-state index in [1.165, 1.54) is 0 Å². The number of likely N-dealkylation sites (N-methyl/N-ethyl adjacent to an activating group) is 1. The molecular formula is C25H27F3N6O. The van der Waals surface area contributed by atoms with E-state index in [1.807, 2.05) is 43.6 Å². The molecule has 184 valence electrons. The molecule has 0 saturated carbocycles. The summed E-state index contributed by atoms with van der Waals surface area (Å²) in [5.74, 6) is -0.620. The lowest BCUT2D eigenvalue weighted by molar-refractivity contribution is -0.141. The minimum absolute atomic E-state index is 0.170. The molecule has 2 aromatic carbocycles. The number of carbonyl (C=O) groups excluding carboxylic acids is 1. The first-order chi connectivity index (χ1) is 16.9. The van der Waals surface area contributed by atoms with Gasteiger partial charge in [0.05, 0.1) is 5.69 Å². The molecule has 0 fully saturated rings. The number of hydrogen-bond donors (Lipinski definition) is 4. The zero-order valence-corrected chi connectivity index (χ0v) is 19.2. The van der Waals surface area contributed by atoms with Crippen LogP contribution in [0.5, 0.6) is 0 Å². The van der Waals surface area contributed by atoms with Crippen molar-refractivity contribution in [3.63, 3.8) is 0 Å². The molecule has 0 unspecified atom stereocenters. The van der Waals surface area contributed by atoms with Crippen LogP contribution in [-0.2, 0) is 19.1 Å². The lowest BCUT2D eigenvalue weighted by Crippen LogP contribution is -2.28. The lowest BCUT2D eigenvalue weighted by Gasteiger charge is -2.10. The number of nitrogens with zero attached hydrogens (tertiary/aromatic N) is 2. The largest absolute Gasteiger partial charge is 0.435 e. The zero-order chi connectivity index (χ0) is 24.8. The Labute approximate surface area is 200 Å². The van der Waals surface area contributed by atoms with Gasteiger partial charge in [0.1, 0.15) is 5.69 Å². The molecule has 2 heterocycles. The zero-order valence-electron chi connectivity index (χ0n) is 19.2. The van der Waals surface area contributed by atoms with E-state index in [0.29, 0.717) is 18.7 Å². The standard InChI is InChI=1S/C25H27F3N6O/c1-29-11-12-30-15-17-5-4-6-19(13-17)34-22(14-23(33-34)25(26,27)28)24(35)31-10-9-18-16-32-21-8-3-2-7-20(18)21/h2-8,13-14,16,29-30,32H,9-12,15H2,1H3,(H,31,35). The number of fused-ring (bicyclic) bond motifs is 1. The van der Waals surface area contributed by atoms with Crippen LogP contribution in [0, 0.1) is 0 Å². The second kappa shape index (κ2) is 10.7. The Kier molecular flexibility index (Phi) is 7.52. The summed E-state index contributed by atoms with van der Waals surface area (Å²) in [6.45, 7) is 2.33. The van der Waals surface area contributed by atoms with Crippen molar-refractivity contribution < 1.29 is 18.0 Å². The number of H-pyrrole nitrogens is 1. The first kappa shape index (κ1) is 24.5. The van der Waals surface area contributed by atoms with Crippen molar-refractivity contribution in [2.75, 3.05) is 26.7 Å². The summed E-state index contributed by atoms with van der Waals surface area (Å²) in [5.41, 5.74) is 1.97. The van der Waals surface area contributed by atoms with Gasteiger partial charge in [0.25, 0.3) is 5.91 Å². The summed E-state index contributed by atoms with van der Waals surface area (Å²) < 4.78 is 41.4. The van der Waals surface area contributed by atoms with Crippen molar-refractivity contribution in [3.8, 4) is 5.69 Å². The Morgan fingerprint density at radius 2 is 1.89 bits per heavy atom. The summed E-state index contributed by atoms with van der Waals surface area (Å²) in [6.07, 6.45) is -2.26. The van der Waals surface area contributed by atoms with Gasteiger partial charge in [-0.1, -0.05) is 30.3 Å². The molecule has 0 atom stereocenters. The monoisotopic (exact) mass is 484 g/mol. The fraction of sp³-hybridized carbons (Fsp3) is 0.280. The number of aromatic nitrogens is 3. The van der Waals surface area contributed by atoms with Crippen LogP contribution in [0.25, 0.3) is 16.6 Å². The van der Waals surface area contributed by atoms with Crippen LogP contribution in [-0.4, -0.2) is 47.4 Å². The number of benzene rings is 2. The van der Waals surface area contributed by atoms with Crippen LogP contribution in [0.3, 0.4) is 0 Å². The molecule has 2 aromatic heterocycles. The van der Waals surface area contributed by atoms with Gasteiger partial charge in [-0.25, -0.2) is 4.68 Å². The lowest BCUT2D eigenvalue weighted by atomic mass is 10.1. The predicted octanol–water partition coefficient (Wildman–Crippen LogP) is 3.65. The minimum atomic E-state index is -4.67. The predicted molar refractivity (Wildman–Crippen MR) is 129 cm³/mol. The van der Waals surface area contributed by atoms with E-state index < -0.39 is 17.8 Å². The molecule has 0 bridgehead atoms. The molecule has 1 amide bonds. The molecule has 0 aliphatic heterocycles. The van der Waals surface area contributed by atoms with E-state index in [4.69, 9.17) is 0 Å². The Bertz CT molecular complexity index is 1290. The van der Waals surface area contributed by atoms with E-state index in [0.717, 1.165) is 45.9 Å². The van der Waals surface area contributed by atoms with Crippen molar-refractivity contribution >= 4 is 16.8 Å². The van der Waals surface area contributed by atoms with Crippen LogP contribution in [0.1, 0.15) is 27.3 Å². The van der Waals surface area contributed by atoms with Crippen molar-refractivity contribution in [2.45, 2.75) is 19.1 Å². The van der Waals surface area contributed by atoms with Gasteiger partial charge >= 0.3 is 6.18 Å². The SMILES string of the molecule is CNCCNCc1cccc(-n2nc(C(F)(F)F)cc2C(=O)NCCc2c[nH]c3ccccc23)c1. The number of para-hydroxylation sites is 1. The van der Waals surface area contributed by atoms with E-state index in [1.54, 1.807) is 18.2 Å². The first-order valence-corrected chi connectivity index (χ1v) is 11.3. The minimum Gasteiger partial charge on any atom is -0.361 e. The van der Waals surface area contributed by atoms with Crippen LogP contribution in [0.4, 0.5) is 13.2 Å². The first-order valence-electron chi connectivity index (χ1n) is 11.3. The maximum Gasteiger partial charge on any atom is 0.435 e. The molecule has 0 radical (unpaired) electrons. The van der Waals surface area contributed by atoms with E-state index in [9.17, 15) is 18.0 Å². The van der Waals surface area contributed by atoms with Gasteiger partial charge in [-0.15, -0.1) is 0 Å². The molecule has 0 spiro atoms. The number of aromatic amines is 1. The summed E-state index contributed by atoms with van der Waals surface area (Å²) >= 11 is 0. The number of nitrogens with one attached hydrogen (secondary N) is 4. The van der Waals surface area contributed by atoms with Gasteiger partial charge < -0.3 is 20.9 Å². The van der Waals surface area contributed by atoms with Crippen LogP contribution in [0.2, 0.25) is 0 Å². The van der Waals surface area contributed by atoms with Crippen molar-refractivity contribution in [1.82, 2.24) is 30.7 Å². The summed E-state index contributed by atoms with van der Waals surface area (Å²) in [7, 11) is 1.85. The summed E-state index contributed by atoms with van der Waals surface area (Å²) in [6, 6.07) is 15.5. The third kappa shape index (κ3) is 5.90. The fourth-order valence-electron chi connectivity index (χ4n) is 3.86.